The van der Waals surface area contributed by atoms with Gasteiger partial charge in [0.1, 0.15) is 12.1 Å². The van der Waals surface area contributed by atoms with Crippen LogP contribution >= 0.6 is 0 Å². The molecule has 2 amide bonds. The standard InChI is InChI=1S/C26H30N2O5/c1-16-13-28(14-17(16)12-23(29)30)24(31)26(2,3)27-25(32)33-15-22-20-10-6-4-8-18(20)19-9-5-7-11-21(19)22/h4-11,16-17,22H,12-15H2,1-3H3,(H,27,32)(H,29,30)/t16-,17-/m1/s1. The zero-order valence-corrected chi connectivity index (χ0v) is 19.2. The third-order valence-electron chi connectivity index (χ3n) is 6.78. The summed E-state index contributed by atoms with van der Waals surface area (Å²) in [5.41, 5.74) is 3.38. The van der Waals surface area contributed by atoms with Crippen LogP contribution in [-0.4, -0.2) is 53.2 Å². The summed E-state index contributed by atoms with van der Waals surface area (Å²) >= 11 is 0. The molecular formula is C26H30N2O5. The van der Waals surface area contributed by atoms with E-state index in [-0.39, 0.29) is 36.7 Å². The molecule has 2 aromatic carbocycles. The van der Waals surface area contributed by atoms with Gasteiger partial charge in [-0.1, -0.05) is 55.5 Å². The fourth-order valence-corrected chi connectivity index (χ4v) is 5.03. The Morgan fingerprint density at radius 2 is 1.61 bits per heavy atom. The van der Waals surface area contributed by atoms with Crippen molar-refractivity contribution < 1.29 is 24.2 Å². The molecule has 4 rings (SSSR count). The van der Waals surface area contributed by atoms with Crippen molar-refractivity contribution in [3.8, 4) is 11.1 Å². The number of carbonyl (C=O) groups is 3. The van der Waals surface area contributed by atoms with E-state index in [1.807, 2.05) is 31.2 Å². The molecule has 0 aromatic heterocycles. The highest BCUT2D eigenvalue weighted by atomic mass is 16.5. The average Bonchev–Trinajstić information content (AvgIpc) is 3.28. The van der Waals surface area contributed by atoms with E-state index < -0.39 is 17.6 Å². The smallest absolute Gasteiger partial charge is 0.408 e. The van der Waals surface area contributed by atoms with Gasteiger partial charge in [-0.15, -0.1) is 0 Å². The first-order valence-corrected chi connectivity index (χ1v) is 11.3. The largest absolute Gasteiger partial charge is 0.481 e. The maximum Gasteiger partial charge on any atom is 0.408 e. The fraction of sp³-hybridized carbons (Fsp3) is 0.423. The van der Waals surface area contributed by atoms with E-state index in [4.69, 9.17) is 9.84 Å². The van der Waals surface area contributed by atoms with Crippen LogP contribution in [0.5, 0.6) is 0 Å². The molecule has 1 heterocycles. The number of nitrogens with one attached hydrogen (secondary N) is 1. The van der Waals surface area contributed by atoms with Crippen LogP contribution in [0.25, 0.3) is 11.1 Å². The lowest BCUT2D eigenvalue weighted by molar-refractivity contribution is -0.139. The molecule has 2 atom stereocenters. The number of carboxylic acids is 1. The maximum atomic E-state index is 13.1. The first-order chi connectivity index (χ1) is 15.7. The van der Waals surface area contributed by atoms with Crippen LogP contribution in [-0.2, 0) is 14.3 Å². The molecule has 0 unspecified atom stereocenters. The second kappa shape index (κ2) is 8.89. The van der Waals surface area contributed by atoms with Crippen LogP contribution < -0.4 is 5.32 Å². The molecule has 2 aliphatic rings. The van der Waals surface area contributed by atoms with Gasteiger partial charge in [0.15, 0.2) is 0 Å². The molecule has 1 aliphatic heterocycles. The Balaban J connectivity index is 1.38. The summed E-state index contributed by atoms with van der Waals surface area (Å²) in [4.78, 5) is 38.4. The van der Waals surface area contributed by atoms with E-state index in [1.54, 1.807) is 18.7 Å². The number of fused-ring (bicyclic) bond motifs is 3. The normalized spacial score (nSPS) is 19.7. The molecule has 1 aliphatic carbocycles. The molecule has 174 valence electrons. The summed E-state index contributed by atoms with van der Waals surface area (Å²) in [6, 6.07) is 16.2. The highest BCUT2D eigenvalue weighted by Gasteiger charge is 2.40. The van der Waals surface area contributed by atoms with Crippen LogP contribution in [0.3, 0.4) is 0 Å². The monoisotopic (exact) mass is 450 g/mol. The number of likely N-dealkylation sites (tertiary alicyclic amines) is 1. The van der Waals surface area contributed by atoms with Crippen molar-refractivity contribution >= 4 is 18.0 Å². The molecule has 2 N–H and O–H groups in total. The SMILES string of the molecule is C[C@@H]1CN(C(=O)C(C)(C)NC(=O)OCC2c3ccccc3-c3ccccc32)C[C@H]1CC(=O)O. The number of hydrogen-bond acceptors (Lipinski definition) is 4. The number of alkyl carbamates (subject to hydrolysis) is 1. The molecule has 0 bridgehead atoms. The van der Waals surface area contributed by atoms with Gasteiger partial charge in [-0.2, -0.15) is 0 Å². The Morgan fingerprint density at radius 1 is 1.03 bits per heavy atom. The predicted octanol–water partition coefficient (Wildman–Crippen LogP) is 3.87. The van der Waals surface area contributed by atoms with Gasteiger partial charge in [0.05, 0.1) is 6.42 Å². The highest BCUT2D eigenvalue weighted by Crippen LogP contribution is 2.44. The van der Waals surface area contributed by atoms with Gasteiger partial charge in [0, 0.05) is 19.0 Å². The molecule has 0 radical (unpaired) electrons. The van der Waals surface area contributed by atoms with Crippen molar-refractivity contribution in [1.82, 2.24) is 10.2 Å². The minimum Gasteiger partial charge on any atom is -0.481 e. The lowest BCUT2D eigenvalue weighted by Gasteiger charge is -2.30. The summed E-state index contributed by atoms with van der Waals surface area (Å²) < 4.78 is 5.58. The third kappa shape index (κ3) is 4.58. The average molecular weight is 451 g/mol. The molecule has 1 saturated heterocycles. The van der Waals surface area contributed by atoms with E-state index in [0.717, 1.165) is 22.3 Å². The van der Waals surface area contributed by atoms with Crippen LogP contribution in [0.1, 0.15) is 44.2 Å². The maximum absolute atomic E-state index is 13.1. The summed E-state index contributed by atoms with van der Waals surface area (Å²) in [5.74, 6) is -1.15. The third-order valence-corrected chi connectivity index (χ3v) is 6.78. The minimum absolute atomic E-state index is 0.0329. The number of carbonyl (C=O) groups excluding carboxylic acids is 2. The number of rotatable bonds is 6. The van der Waals surface area contributed by atoms with Gasteiger partial charge in [0.2, 0.25) is 5.91 Å². The second-order valence-corrected chi connectivity index (χ2v) is 9.62. The first kappa shape index (κ1) is 22.8. The molecule has 7 heteroatoms. The Bertz CT molecular complexity index is 1030. The summed E-state index contributed by atoms with van der Waals surface area (Å²) in [7, 11) is 0. The Labute approximate surface area is 193 Å². The summed E-state index contributed by atoms with van der Waals surface area (Å²) in [6.07, 6.45) is -0.616. The van der Waals surface area contributed by atoms with Crippen LogP contribution in [0.4, 0.5) is 4.79 Å². The quantitative estimate of drug-likeness (QED) is 0.697. The number of benzene rings is 2. The van der Waals surface area contributed by atoms with E-state index >= 15 is 0 Å². The molecule has 7 nitrogen and oxygen atoms in total. The van der Waals surface area contributed by atoms with Crippen molar-refractivity contribution in [3.05, 3.63) is 59.7 Å². The Hall–Kier alpha value is -3.35. The van der Waals surface area contributed by atoms with Gasteiger partial charge in [-0.05, 0) is 47.9 Å². The Kier molecular flexibility index (Phi) is 6.15. The number of amides is 2. The van der Waals surface area contributed by atoms with Crippen LogP contribution in [0.15, 0.2) is 48.5 Å². The lowest BCUT2D eigenvalue weighted by Crippen LogP contribution is -2.55. The fourth-order valence-electron chi connectivity index (χ4n) is 5.03. The molecular weight excluding hydrogens is 420 g/mol. The number of hydrogen-bond donors (Lipinski definition) is 2. The molecule has 2 aromatic rings. The molecule has 1 fully saturated rings. The number of aliphatic carboxylic acids is 1. The molecule has 0 saturated carbocycles. The van der Waals surface area contributed by atoms with Crippen LogP contribution in [0.2, 0.25) is 0 Å². The van der Waals surface area contributed by atoms with Crippen molar-refractivity contribution in [2.45, 2.75) is 38.6 Å². The minimum atomic E-state index is -1.17. The van der Waals surface area contributed by atoms with Gasteiger partial charge in [-0.3, -0.25) is 9.59 Å². The lowest BCUT2D eigenvalue weighted by atomic mass is 9.95. The molecule has 33 heavy (non-hydrogen) atoms. The topological polar surface area (TPSA) is 95.9 Å². The zero-order valence-electron chi connectivity index (χ0n) is 19.2. The van der Waals surface area contributed by atoms with Crippen molar-refractivity contribution in [3.63, 3.8) is 0 Å². The highest BCUT2D eigenvalue weighted by molar-refractivity contribution is 5.89. The second-order valence-electron chi connectivity index (χ2n) is 9.62. The first-order valence-electron chi connectivity index (χ1n) is 11.3. The van der Waals surface area contributed by atoms with Gasteiger partial charge in [0.25, 0.3) is 0 Å². The number of ether oxygens (including phenoxy) is 1. The van der Waals surface area contributed by atoms with Crippen molar-refractivity contribution in [1.29, 1.82) is 0 Å². The van der Waals surface area contributed by atoms with Crippen molar-refractivity contribution in [2.24, 2.45) is 11.8 Å². The van der Waals surface area contributed by atoms with E-state index in [1.165, 1.54) is 0 Å². The number of carboxylic acid groups (broad SMARTS) is 1. The molecule has 0 spiro atoms. The van der Waals surface area contributed by atoms with E-state index in [2.05, 4.69) is 29.6 Å². The Morgan fingerprint density at radius 3 is 2.18 bits per heavy atom. The van der Waals surface area contributed by atoms with E-state index in [0.29, 0.717) is 13.1 Å². The number of nitrogens with zero attached hydrogens (tertiary/aromatic N) is 1. The predicted molar refractivity (Wildman–Crippen MR) is 124 cm³/mol. The van der Waals surface area contributed by atoms with Gasteiger partial charge >= 0.3 is 12.1 Å². The van der Waals surface area contributed by atoms with Gasteiger partial charge < -0.3 is 20.1 Å². The summed E-state index contributed by atoms with van der Waals surface area (Å²) in [6.45, 7) is 6.27. The van der Waals surface area contributed by atoms with Gasteiger partial charge in [-0.25, -0.2) is 4.79 Å². The van der Waals surface area contributed by atoms with Crippen molar-refractivity contribution in [2.75, 3.05) is 19.7 Å². The summed E-state index contributed by atoms with van der Waals surface area (Å²) in [5, 5.41) is 11.8. The van der Waals surface area contributed by atoms with E-state index in [9.17, 15) is 14.4 Å². The van der Waals surface area contributed by atoms with Crippen LogP contribution in [0, 0.1) is 11.8 Å². The zero-order chi connectivity index (χ0) is 23.8.